The van der Waals surface area contributed by atoms with Crippen LogP contribution in [0.15, 0.2) is 0 Å². The summed E-state index contributed by atoms with van der Waals surface area (Å²) in [6.45, 7) is 6.39. The highest BCUT2D eigenvalue weighted by Crippen LogP contribution is 2.20. The molecule has 1 rings (SSSR count). The molecule has 4 heteroatoms. The van der Waals surface area contributed by atoms with Crippen molar-refractivity contribution in [2.75, 3.05) is 19.7 Å². The number of ether oxygens (including phenoxy) is 1. The molecule has 0 aromatic rings. The fraction of sp³-hybridized carbons (Fsp3) is 0.889. The number of hydrogen-bond acceptors (Lipinski definition) is 3. The van der Waals surface area contributed by atoms with Gasteiger partial charge in [0, 0.05) is 5.54 Å². The Kier molecular flexibility index (Phi) is 3.14. The molecule has 0 unspecified atom stereocenters. The molecule has 0 aromatic carbocycles. The Labute approximate surface area is 78.5 Å². The Morgan fingerprint density at radius 2 is 2.00 bits per heavy atom. The zero-order valence-corrected chi connectivity index (χ0v) is 8.25. The second-order valence-electron chi connectivity index (χ2n) is 4.06. The van der Waals surface area contributed by atoms with E-state index in [-0.39, 0.29) is 12.1 Å². The van der Waals surface area contributed by atoms with Crippen LogP contribution in [0.5, 0.6) is 0 Å². The molecule has 1 saturated heterocycles. The van der Waals surface area contributed by atoms with E-state index in [2.05, 4.69) is 9.64 Å². The van der Waals surface area contributed by atoms with Crippen LogP contribution in [0.3, 0.4) is 0 Å². The largest absolute Gasteiger partial charge is 0.505 e. The normalized spacial score (nSPS) is 18.9. The van der Waals surface area contributed by atoms with Crippen LogP contribution < -0.4 is 0 Å². The molecule has 0 atom stereocenters. The first-order valence-corrected chi connectivity index (χ1v) is 4.63. The molecular weight excluding hydrogens is 170 g/mol. The molecule has 4 nitrogen and oxygen atoms in total. The van der Waals surface area contributed by atoms with Gasteiger partial charge in [-0.05, 0) is 39.8 Å². The van der Waals surface area contributed by atoms with E-state index in [4.69, 9.17) is 5.11 Å². The molecule has 13 heavy (non-hydrogen) atoms. The SMILES string of the molecule is CC(C)(COC(=O)O)N1CCCC1. The number of carbonyl (C=O) groups is 1. The summed E-state index contributed by atoms with van der Waals surface area (Å²) in [7, 11) is 0. The van der Waals surface area contributed by atoms with Gasteiger partial charge in [-0.3, -0.25) is 4.90 Å². The lowest BCUT2D eigenvalue weighted by atomic mass is 10.1. The maximum absolute atomic E-state index is 10.2. The molecule has 0 amide bonds. The average molecular weight is 187 g/mol. The monoisotopic (exact) mass is 187 g/mol. The molecule has 0 bridgehead atoms. The standard InChI is InChI=1S/C9H17NO3/c1-9(2,7-13-8(11)12)10-5-3-4-6-10/h3-7H2,1-2H3,(H,11,12). The van der Waals surface area contributed by atoms with E-state index in [0.29, 0.717) is 0 Å². The third kappa shape index (κ3) is 2.88. The minimum atomic E-state index is -1.19. The Morgan fingerprint density at radius 1 is 1.46 bits per heavy atom. The van der Waals surface area contributed by atoms with Gasteiger partial charge in [-0.25, -0.2) is 4.79 Å². The van der Waals surface area contributed by atoms with Crippen molar-refractivity contribution in [3.05, 3.63) is 0 Å². The molecule has 1 aliphatic rings. The summed E-state index contributed by atoms with van der Waals surface area (Å²) in [5.74, 6) is 0. The zero-order chi connectivity index (χ0) is 9.90. The average Bonchev–Trinajstić information content (AvgIpc) is 2.53. The molecule has 0 saturated carbocycles. The third-order valence-corrected chi connectivity index (χ3v) is 2.51. The van der Waals surface area contributed by atoms with E-state index in [0.717, 1.165) is 13.1 Å². The second kappa shape index (κ2) is 3.96. The van der Waals surface area contributed by atoms with Crippen LogP contribution in [-0.4, -0.2) is 41.4 Å². The van der Waals surface area contributed by atoms with Crippen LogP contribution in [0.2, 0.25) is 0 Å². The van der Waals surface area contributed by atoms with Crippen molar-refractivity contribution < 1.29 is 14.6 Å². The summed E-state index contributed by atoms with van der Waals surface area (Å²) in [5.41, 5.74) is -0.158. The fourth-order valence-electron chi connectivity index (χ4n) is 1.65. The molecule has 0 radical (unpaired) electrons. The van der Waals surface area contributed by atoms with Crippen LogP contribution >= 0.6 is 0 Å². The Balaban J connectivity index is 2.39. The molecule has 0 spiro atoms. The minimum Gasteiger partial charge on any atom is -0.450 e. The van der Waals surface area contributed by atoms with Gasteiger partial charge < -0.3 is 9.84 Å². The molecule has 0 aromatic heterocycles. The van der Waals surface area contributed by atoms with Crippen LogP contribution in [0.4, 0.5) is 4.79 Å². The highest BCUT2D eigenvalue weighted by molar-refractivity contribution is 5.56. The van der Waals surface area contributed by atoms with E-state index >= 15 is 0 Å². The molecular formula is C9H17NO3. The summed E-state index contributed by atoms with van der Waals surface area (Å²) in [6.07, 6.45) is 1.22. The smallest absolute Gasteiger partial charge is 0.450 e. The van der Waals surface area contributed by atoms with E-state index in [1.807, 2.05) is 13.8 Å². The highest BCUT2D eigenvalue weighted by atomic mass is 16.7. The van der Waals surface area contributed by atoms with E-state index in [1.165, 1.54) is 12.8 Å². The molecule has 0 aliphatic carbocycles. The number of rotatable bonds is 3. The third-order valence-electron chi connectivity index (χ3n) is 2.51. The predicted molar refractivity (Wildman–Crippen MR) is 48.9 cm³/mol. The van der Waals surface area contributed by atoms with Crippen molar-refractivity contribution in [1.29, 1.82) is 0 Å². The maximum atomic E-state index is 10.2. The second-order valence-corrected chi connectivity index (χ2v) is 4.06. The van der Waals surface area contributed by atoms with Gasteiger partial charge in [0.2, 0.25) is 0 Å². The number of likely N-dealkylation sites (tertiary alicyclic amines) is 1. The van der Waals surface area contributed by atoms with Crippen molar-refractivity contribution >= 4 is 6.16 Å². The molecule has 76 valence electrons. The van der Waals surface area contributed by atoms with E-state index in [1.54, 1.807) is 0 Å². The summed E-state index contributed by atoms with van der Waals surface area (Å²) in [5, 5.41) is 8.38. The topological polar surface area (TPSA) is 49.8 Å². The summed E-state index contributed by atoms with van der Waals surface area (Å²) < 4.78 is 4.59. The van der Waals surface area contributed by atoms with Gasteiger partial charge in [0.15, 0.2) is 0 Å². The maximum Gasteiger partial charge on any atom is 0.505 e. The quantitative estimate of drug-likeness (QED) is 0.681. The first-order valence-electron chi connectivity index (χ1n) is 4.63. The van der Waals surface area contributed by atoms with Crippen LogP contribution in [0, 0.1) is 0 Å². The van der Waals surface area contributed by atoms with Gasteiger partial charge in [-0.1, -0.05) is 0 Å². The number of nitrogens with zero attached hydrogens (tertiary/aromatic N) is 1. The lowest BCUT2D eigenvalue weighted by Gasteiger charge is -2.34. The van der Waals surface area contributed by atoms with Crippen molar-refractivity contribution in [3.63, 3.8) is 0 Å². The summed E-state index contributed by atoms with van der Waals surface area (Å²) in [4.78, 5) is 12.5. The lowest BCUT2D eigenvalue weighted by Crippen LogP contribution is -2.46. The van der Waals surface area contributed by atoms with Gasteiger partial charge in [0.1, 0.15) is 6.61 Å². The summed E-state index contributed by atoms with van der Waals surface area (Å²) in [6, 6.07) is 0. The van der Waals surface area contributed by atoms with Crippen molar-refractivity contribution in [1.82, 2.24) is 4.90 Å². The predicted octanol–water partition coefficient (Wildman–Crippen LogP) is 1.56. The van der Waals surface area contributed by atoms with Crippen LogP contribution in [-0.2, 0) is 4.74 Å². The van der Waals surface area contributed by atoms with Crippen molar-refractivity contribution in [2.45, 2.75) is 32.2 Å². The number of carboxylic acid groups (broad SMARTS) is 1. The van der Waals surface area contributed by atoms with Crippen LogP contribution in [0.25, 0.3) is 0 Å². The van der Waals surface area contributed by atoms with Crippen molar-refractivity contribution in [2.24, 2.45) is 0 Å². The molecule has 1 heterocycles. The van der Waals surface area contributed by atoms with Gasteiger partial charge in [0.05, 0.1) is 0 Å². The van der Waals surface area contributed by atoms with Gasteiger partial charge in [-0.2, -0.15) is 0 Å². The molecule has 1 aliphatic heterocycles. The van der Waals surface area contributed by atoms with E-state index < -0.39 is 6.16 Å². The highest BCUT2D eigenvalue weighted by Gasteiger charge is 2.30. The Hall–Kier alpha value is -0.770. The van der Waals surface area contributed by atoms with Gasteiger partial charge in [-0.15, -0.1) is 0 Å². The number of hydrogen-bond donors (Lipinski definition) is 1. The first-order chi connectivity index (χ1) is 6.02. The lowest BCUT2D eigenvalue weighted by molar-refractivity contribution is 0.0297. The minimum absolute atomic E-state index is 0.158. The van der Waals surface area contributed by atoms with Crippen molar-refractivity contribution in [3.8, 4) is 0 Å². The van der Waals surface area contributed by atoms with Crippen LogP contribution in [0.1, 0.15) is 26.7 Å². The zero-order valence-electron chi connectivity index (χ0n) is 8.25. The van der Waals surface area contributed by atoms with E-state index in [9.17, 15) is 4.79 Å². The molecule has 1 N–H and O–H groups in total. The van der Waals surface area contributed by atoms with Gasteiger partial charge in [0.25, 0.3) is 0 Å². The fourth-order valence-corrected chi connectivity index (χ4v) is 1.65. The Morgan fingerprint density at radius 3 is 2.46 bits per heavy atom. The Bertz CT molecular complexity index is 185. The van der Waals surface area contributed by atoms with Gasteiger partial charge >= 0.3 is 6.16 Å². The summed E-state index contributed by atoms with van der Waals surface area (Å²) >= 11 is 0. The molecule has 1 fully saturated rings. The first kappa shape index (κ1) is 10.3.